The van der Waals surface area contributed by atoms with E-state index in [1.165, 1.54) is 24.3 Å². The summed E-state index contributed by atoms with van der Waals surface area (Å²) < 4.78 is 23.2. The van der Waals surface area contributed by atoms with Crippen molar-refractivity contribution in [3.05, 3.63) is 47.4 Å². The smallest absolute Gasteiger partial charge is 0.251 e. The van der Waals surface area contributed by atoms with Gasteiger partial charge in [0.25, 0.3) is 5.91 Å². The zero-order valence-electron chi connectivity index (χ0n) is 15.7. The van der Waals surface area contributed by atoms with Crippen molar-refractivity contribution in [3.8, 4) is 0 Å². The zero-order chi connectivity index (χ0) is 19.9. The Kier molecular flexibility index (Phi) is 6.70. The van der Waals surface area contributed by atoms with Gasteiger partial charge in [0.2, 0.25) is 11.8 Å². The fourth-order valence-electron chi connectivity index (χ4n) is 3.15. The zero-order valence-corrected chi connectivity index (χ0v) is 15.7. The van der Waals surface area contributed by atoms with Crippen molar-refractivity contribution in [2.75, 3.05) is 26.8 Å². The molecule has 0 bridgehead atoms. The largest absolute Gasteiger partial charge is 0.384 e. The van der Waals surface area contributed by atoms with Gasteiger partial charge in [-0.2, -0.15) is 4.98 Å². The Morgan fingerprint density at radius 1 is 1.36 bits per heavy atom. The molecule has 0 saturated carbocycles. The van der Waals surface area contributed by atoms with Gasteiger partial charge < -0.3 is 19.5 Å². The van der Waals surface area contributed by atoms with E-state index in [-0.39, 0.29) is 30.8 Å². The van der Waals surface area contributed by atoms with Gasteiger partial charge in [0.1, 0.15) is 11.9 Å². The van der Waals surface area contributed by atoms with Crippen molar-refractivity contribution in [2.45, 2.75) is 31.7 Å². The summed E-state index contributed by atoms with van der Waals surface area (Å²) in [7, 11) is 1.60. The number of rotatable bonds is 8. The van der Waals surface area contributed by atoms with Gasteiger partial charge in [0.05, 0.1) is 6.61 Å². The second-order valence-electron chi connectivity index (χ2n) is 6.55. The summed E-state index contributed by atoms with van der Waals surface area (Å²) in [6.07, 6.45) is 2.33. The van der Waals surface area contributed by atoms with Gasteiger partial charge in [-0.3, -0.25) is 9.59 Å². The van der Waals surface area contributed by atoms with Crippen LogP contribution in [-0.2, 0) is 16.0 Å². The minimum Gasteiger partial charge on any atom is -0.384 e. The fourth-order valence-corrected chi connectivity index (χ4v) is 3.15. The molecule has 1 aromatic heterocycles. The quantitative estimate of drug-likeness (QED) is 0.739. The van der Waals surface area contributed by atoms with Crippen LogP contribution in [0.5, 0.6) is 0 Å². The number of likely N-dealkylation sites (tertiary alicyclic amines) is 1. The molecule has 2 amide bonds. The van der Waals surface area contributed by atoms with E-state index in [2.05, 4.69) is 15.5 Å². The SMILES string of the molecule is COCCc1noc([C@@H]2CCCN2C(=O)CCNC(=O)c2ccc(F)cc2)n1. The van der Waals surface area contributed by atoms with E-state index in [9.17, 15) is 14.0 Å². The molecule has 0 spiro atoms. The molecule has 28 heavy (non-hydrogen) atoms. The lowest BCUT2D eigenvalue weighted by Crippen LogP contribution is -2.34. The highest BCUT2D eigenvalue weighted by Crippen LogP contribution is 2.31. The van der Waals surface area contributed by atoms with Crippen LogP contribution in [0.4, 0.5) is 4.39 Å². The standard InChI is InChI=1S/C19H23FN4O4/c1-27-12-9-16-22-19(28-23-16)15-3-2-11-24(15)17(25)8-10-21-18(26)13-4-6-14(20)7-5-13/h4-7,15H,2-3,8-12H2,1H3,(H,21,26)/t15-/m0/s1. The summed E-state index contributed by atoms with van der Waals surface area (Å²) in [4.78, 5) is 30.7. The number of carbonyl (C=O) groups is 2. The molecule has 0 aliphatic carbocycles. The number of ether oxygens (including phenoxy) is 1. The maximum Gasteiger partial charge on any atom is 0.251 e. The van der Waals surface area contributed by atoms with Crippen molar-refractivity contribution in [3.63, 3.8) is 0 Å². The summed E-state index contributed by atoms with van der Waals surface area (Å²) in [5.41, 5.74) is 0.349. The summed E-state index contributed by atoms with van der Waals surface area (Å²) in [6.45, 7) is 1.31. The van der Waals surface area contributed by atoms with Crippen LogP contribution in [0.25, 0.3) is 0 Å². The molecule has 3 rings (SSSR count). The lowest BCUT2D eigenvalue weighted by molar-refractivity contribution is -0.132. The molecule has 1 aliphatic heterocycles. The molecule has 150 valence electrons. The first-order valence-electron chi connectivity index (χ1n) is 9.23. The van der Waals surface area contributed by atoms with Gasteiger partial charge in [0, 0.05) is 38.6 Å². The third-order valence-electron chi connectivity index (χ3n) is 4.60. The number of carbonyl (C=O) groups excluding carboxylic acids is 2. The highest BCUT2D eigenvalue weighted by Gasteiger charge is 2.33. The summed E-state index contributed by atoms with van der Waals surface area (Å²) in [6, 6.07) is 5.02. The molecule has 1 fully saturated rings. The second kappa shape index (κ2) is 9.41. The second-order valence-corrected chi connectivity index (χ2v) is 6.55. The van der Waals surface area contributed by atoms with Gasteiger partial charge in [-0.1, -0.05) is 5.16 Å². The first kappa shape index (κ1) is 19.9. The maximum absolute atomic E-state index is 12.9. The van der Waals surface area contributed by atoms with Crippen LogP contribution in [-0.4, -0.2) is 53.7 Å². The first-order chi connectivity index (χ1) is 13.6. The molecule has 1 atom stereocenters. The van der Waals surface area contributed by atoms with Crippen LogP contribution in [0.2, 0.25) is 0 Å². The number of halogens is 1. The van der Waals surface area contributed by atoms with Crippen LogP contribution in [0.1, 0.15) is 47.4 Å². The van der Waals surface area contributed by atoms with Crippen molar-refractivity contribution in [1.29, 1.82) is 0 Å². The summed E-state index contributed by atoms with van der Waals surface area (Å²) in [5, 5.41) is 6.61. The van der Waals surface area contributed by atoms with Crippen molar-refractivity contribution in [1.82, 2.24) is 20.4 Å². The van der Waals surface area contributed by atoms with E-state index in [0.29, 0.717) is 36.9 Å². The average molecular weight is 390 g/mol. The van der Waals surface area contributed by atoms with Gasteiger partial charge in [0.15, 0.2) is 5.82 Å². The Hall–Kier alpha value is -2.81. The van der Waals surface area contributed by atoms with E-state index in [4.69, 9.17) is 9.26 Å². The minimum absolute atomic E-state index is 0.0847. The molecule has 0 unspecified atom stereocenters. The number of nitrogens with one attached hydrogen (secondary N) is 1. The normalized spacial score (nSPS) is 16.4. The Labute approximate surface area is 162 Å². The number of nitrogens with zero attached hydrogens (tertiary/aromatic N) is 3. The highest BCUT2D eigenvalue weighted by atomic mass is 19.1. The number of methoxy groups -OCH3 is 1. The van der Waals surface area contributed by atoms with E-state index in [1.54, 1.807) is 12.0 Å². The maximum atomic E-state index is 12.9. The number of hydrogen-bond acceptors (Lipinski definition) is 6. The van der Waals surface area contributed by atoms with Gasteiger partial charge in [-0.25, -0.2) is 4.39 Å². The Morgan fingerprint density at radius 3 is 2.89 bits per heavy atom. The number of aromatic nitrogens is 2. The van der Waals surface area contributed by atoms with Crippen molar-refractivity contribution >= 4 is 11.8 Å². The molecule has 1 N–H and O–H groups in total. The fraction of sp³-hybridized carbons (Fsp3) is 0.474. The van der Waals surface area contributed by atoms with Gasteiger partial charge in [-0.15, -0.1) is 0 Å². The van der Waals surface area contributed by atoms with Crippen molar-refractivity contribution < 1.29 is 23.2 Å². The van der Waals surface area contributed by atoms with E-state index >= 15 is 0 Å². The molecule has 9 heteroatoms. The molecule has 1 saturated heterocycles. The molecule has 8 nitrogen and oxygen atoms in total. The van der Waals surface area contributed by atoms with Crippen molar-refractivity contribution in [2.24, 2.45) is 0 Å². The van der Waals surface area contributed by atoms with Gasteiger partial charge >= 0.3 is 0 Å². The Balaban J connectivity index is 1.51. The number of amides is 2. The molecule has 1 aromatic carbocycles. The predicted octanol–water partition coefficient (Wildman–Crippen LogP) is 1.88. The third-order valence-corrected chi connectivity index (χ3v) is 4.60. The number of hydrogen-bond donors (Lipinski definition) is 1. The Morgan fingerprint density at radius 2 is 2.14 bits per heavy atom. The summed E-state index contributed by atoms with van der Waals surface area (Å²) in [5.74, 6) is 0.164. The monoisotopic (exact) mass is 390 g/mol. The molecule has 2 aromatic rings. The average Bonchev–Trinajstić information content (AvgIpc) is 3.36. The van der Waals surface area contributed by atoms with Gasteiger partial charge in [-0.05, 0) is 37.1 Å². The van der Waals surface area contributed by atoms with Crippen LogP contribution in [0, 0.1) is 5.82 Å². The lowest BCUT2D eigenvalue weighted by atomic mass is 10.2. The van der Waals surface area contributed by atoms with Crippen LogP contribution in [0.15, 0.2) is 28.8 Å². The predicted molar refractivity (Wildman–Crippen MR) is 96.9 cm³/mol. The lowest BCUT2D eigenvalue weighted by Gasteiger charge is -2.22. The van der Waals surface area contributed by atoms with E-state index in [1.807, 2.05) is 0 Å². The molecular formula is C19H23FN4O4. The highest BCUT2D eigenvalue weighted by molar-refractivity contribution is 5.94. The number of benzene rings is 1. The van der Waals surface area contributed by atoms with E-state index in [0.717, 1.165) is 12.8 Å². The Bertz CT molecular complexity index is 809. The minimum atomic E-state index is -0.404. The molecule has 1 aliphatic rings. The molecular weight excluding hydrogens is 367 g/mol. The molecule has 2 heterocycles. The third kappa shape index (κ3) is 4.92. The first-order valence-corrected chi connectivity index (χ1v) is 9.23. The van der Waals surface area contributed by atoms with E-state index < -0.39 is 5.82 Å². The van der Waals surface area contributed by atoms with Crippen LogP contribution < -0.4 is 5.32 Å². The van der Waals surface area contributed by atoms with Crippen LogP contribution in [0.3, 0.4) is 0 Å². The van der Waals surface area contributed by atoms with Crippen LogP contribution >= 0.6 is 0 Å². The topological polar surface area (TPSA) is 97.6 Å². The summed E-state index contributed by atoms with van der Waals surface area (Å²) >= 11 is 0. The molecule has 0 radical (unpaired) electrons.